The zero-order valence-corrected chi connectivity index (χ0v) is 20.7. The Hall–Kier alpha value is -3.90. The number of nitrogens with zero attached hydrogens (tertiary/aromatic N) is 3. The molecule has 0 bridgehead atoms. The molecular weight excluding hydrogens is 460 g/mol. The number of halogens is 1. The standard InChI is InChI=1S/C28H25ClN4O2/c1-16-8-10-20(11-9-16)25-24(27-31-26(32-35-27)21-6-5-7-22(29)15-21)19(4)33(28(34)30-25)23-13-17(2)12-18(3)14-23/h5-15,25H,1-4H3,(H,30,34). The predicted molar refractivity (Wildman–Crippen MR) is 138 cm³/mol. The van der Waals surface area contributed by atoms with Crippen LogP contribution in [0.5, 0.6) is 0 Å². The average Bonchev–Trinajstić information content (AvgIpc) is 3.28. The van der Waals surface area contributed by atoms with Crippen molar-refractivity contribution in [3.63, 3.8) is 0 Å². The van der Waals surface area contributed by atoms with Gasteiger partial charge < -0.3 is 9.84 Å². The monoisotopic (exact) mass is 484 g/mol. The van der Waals surface area contributed by atoms with E-state index < -0.39 is 6.04 Å². The minimum absolute atomic E-state index is 0.212. The van der Waals surface area contributed by atoms with Gasteiger partial charge in [-0.25, -0.2) is 4.79 Å². The van der Waals surface area contributed by atoms with Gasteiger partial charge >= 0.3 is 6.03 Å². The summed E-state index contributed by atoms with van der Waals surface area (Å²) in [5.74, 6) is 0.776. The van der Waals surface area contributed by atoms with E-state index in [0.717, 1.165) is 44.8 Å². The first kappa shape index (κ1) is 22.9. The van der Waals surface area contributed by atoms with Crippen molar-refractivity contribution in [3.05, 3.63) is 106 Å². The zero-order valence-electron chi connectivity index (χ0n) is 20.0. The number of amides is 2. The van der Waals surface area contributed by atoms with E-state index in [-0.39, 0.29) is 6.03 Å². The van der Waals surface area contributed by atoms with Crippen LogP contribution in [-0.4, -0.2) is 16.2 Å². The Morgan fingerprint density at radius 3 is 2.31 bits per heavy atom. The lowest BCUT2D eigenvalue weighted by Crippen LogP contribution is -2.46. The van der Waals surface area contributed by atoms with Gasteiger partial charge in [-0.1, -0.05) is 64.8 Å². The Morgan fingerprint density at radius 1 is 0.914 bits per heavy atom. The summed E-state index contributed by atoms with van der Waals surface area (Å²) in [6.07, 6.45) is 0. The SMILES string of the molecule is CC1=C(c2nc(-c3cccc(Cl)c3)no2)C(c2ccc(C)cc2)NC(=O)N1c1cc(C)cc(C)c1. The van der Waals surface area contributed by atoms with E-state index >= 15 is 0 Å². The van der Waals surface area contributed by atoms with Crippen molar-refractivity contribution in [1.29, 1.82) is 0 Å². The molecule has 0 fully saturated rings. The molecule has 1 aliphatic heterocycles. The Morgan fingerprint density at radius 2 is 1.63 bits per heavy atom. The third-order valence-electron chi connectivity index (χ3n) is 6.10. The number of urea groups is 1. The van der Waals surface area contributed by atoms with Gasteiger partial charge in [0, 0.05) is 16.3 Å². The summed E-state index contributed by atoms with van der Waals surface area (Å²) < 4.78 is 5.77. The van der Waals surface area contributed by atoms with Crippen LogP contribution in [0.4, 0.5) is 10.5 Å². The van der Waals surface area contributed by atoms with E-state index in [9.17, 15) is 4.79 Å². The number of allylic oxidation sites excluding steroid dienone is 1. The molecule has 2 heterocycles. The highest BCUT2D eigenvalue weighted by Gasteiger charge is 2.36. The second kappa shape index (κ2) is 9.04. The van der Waals surface area contributed by atoms with Gasteiger partial charge in [-0.2, -0.15) is 4.98 Å². The van der Waals surface area contributed by atoms with Crippen LogP contribution >= 0.6 is 11.6 Å². The van der Waals surface area contributed by atoms with Gasteiger partial charge in [-0.05, 0) is 68.7 Å². The number of rotatable bonds is 4. The van der Waals surface area contributed by atoms with Crippen LogP contribution < -0.4 is 10.2 Å². The van der Waals surface area contributed by atoms with Gasteiger partial charge in [0.2, 0.25) is 5.82 Å². The highest BCUT2D eigenvalue weighted by Crippen LogP contribution is 2.39. The molecule has 1 N–H and O–H groups in total. The molecule has 5 rings (SSSR count). The van der Waals surface area contributed by atoms with Crippen LogP contribution in [0.25, 0.3) is 17.0 Å². The molecule has 4 aromatic rings. The Bertz CT molecular complexity index is 1440. The number of nitrogens with one attached hydrogen (secondary N) is 1. The fourth-order valence-electron chi connectivity index (χ4n) is 4.50. The van der Waals surface area contributed by atoms with Gasteiger partial charge in [0.25, 0.3) is 5.89 Å². The molecule has 6 nitrogen and oxygen atoms in total. The first-order valence-corrected chi connectivity index (χ1v) is 11.7. The highest BCUT2D eigenvalue weighted by atomic mass is 35.5. The second-order valence-corrected chi connectivity index (χ2v) is 9.34. The fraction of sp³-hybridized carbons (Fsp3) is 0.179. The van der Waals surface area contributed by atoms with E-state index in [0.29, 0.717) is 16.7 Å². The highest BCUT2D eigenvalue weighted by molar-refractivity contribution is 6.30. The Balaban J connectivity index is 1.67. The number of aryl methyl sites for hydroxylation is 3. The molecule has 0 spiro atoms. The van der Waals surface area contributed by atoms with Gasteiger partial charge in [-0.3, -0.25) is 4.90 Å². The van der Waals surface area contributed by atoms with E-state index in [1.54, 1.807) is 17.0 Å². The molecule has 1 aromatic heterocycles. The molecular formula is C28H25ClN4O2. The normalized spacial score (nSPS) is 16.0. The van der Waals surface area contributed by atoms with Crippen LogP contribution in [0.1, 0.15) is 41.1 Å². The number of hydrogen-bond donors (Lipinski definition) is 1. The largest absolute Gasteiger partial charge is 0.334 e. The molecule has 176 valence electrons. The average molecular weight is 485 g/mol. The molecule has 1 unspecified atom stereocenters. The molecule has 7 heteroatoms. The summed E-state index contributed by atoms with van der Waals surface area (Å²) in [7, 11) is 0. The van der Waals surface area contributed by atoms with Crippen molar-refractivity contribution < 1.29 is 9.32 Å². The first-order valence-electron chi connectivity index (χ1n) is 11.4. The minimum atomic E-state index is -0.446. The van der Waals surface area contributed by atoms with E-state index in [1.165, 1.54) is 0 Å². The topological polar surface area (TPSA) is 71.3 Å². The Labute approximate surface area is 209 Å². The van der Waals surface area contributed by atoms with Gasteiger partial charge in [0.05, 0.1) is 17.3 Å². The van der Waals surface area contributed by atoms with Crippen LogP contribution in [0, 0.1) is 20.8 Å². The lowest BCUT2D eigenvalue weighted by Gasteiger charge is -2.35. The molecule has 0 saturated heterocycles. The summed E-state index contributed by atoms with van der Waals surface area (Å²) in [5, 5.41) is 7.96. The molecule has 1 aliphatic rings. The van der Waals surface area contributed by atoms with Crippen LogP contribution in [0.15, 0.2) is 77.0 Å². The number of anilines is 1. The molecule has 0 radical (unpaired) electrons. The van der Waals surface area contributed by atoms with Crippen molar-refractivity contribution in [1.82, 2.24) is 15.5 Å². The summed E-state index contributed by atoms with van der Waals surface area (Å²) in [4.78, 5) is 19.8. The molecule has 0 saturated carbocycles. The number of hydrogen-bond acceptors (Lipinski definition) is 4. The third-order valence-corrected chi connectivity index (χ3v) is 6.33. The number of aromatic nitrogens is 2. The van der Waals surface area contributed by atoms with Gasteiger partial charge in [0.15, 0.2) is 0 Å². The van der Waals surface area contributed by atoms with Crippen molar-refractivity contribution in [2.24, 2.45) is 0 Å². The van der Waals surface area contributed by atoms with Crippen LogP contribution in [0.2, 0.25) is 5.02 Å². The van der Waals surface area contributed by atoms with Crippen molar-refractivity contribution in [3.8, 4) is 11.4 Å². The maximum absolute atomic E-state index is 13.4. The predicted octanol–water partition coefficient (Wildman–Crippen LogP) is 7.02. The van der Waals surface area contributed by atoms with E-state index in [4.69, 9.17) is 21.1 Å². The molecule has 1 atom stereocenters. The Kier molecular flexibility index (Phi) is 5.91. The first-order chi connectivity index (χ1) is 16.8. The van der Waals surface area contributed by atoms with Crippen molar-refractivity contribution in [2.45, 2.75) is 33.7 Å². The van der Waals surface area contributed by atoms with E-state index in [1.807, 2.05) is 76.2 Å². The quantitative estimate of drug-likeness (QED) is 0.338. The van der Waals surface area contributed by atoms with Gasteiger partial charge in [-0.15, -0.1) is 0 Å². The summed E-state index contributed by atoms with van der Waals surface area (Å²) in [6, 6.07) is 20.8. The third kappa shape index (κ3) is 4.45. The smallest absolute Gasteiger partial charge is 0.326 e. The van der Waals surface area contributed by atoms with Crippen LogP contribution in [-0.2, 0) is 0 Å². The molecule has 2 amide bonds. The van der Waals surface area contributed by atoms with Gasteiger partial charge in [0.1, 0.15) is 0 Å². The fourth-order valence-corrected chi connectivity index (χ4v) is 4.69. The summed E-state index contributed by atoms with van der Waals surface area (Å²) >= 11 is 6.17. The van der Waals surface area contributed by atoms with Crippen molar-refractivity contribution >= 4 is 28.9 Å². The second-order valence-electron chi connectivity index (χ2n) is 8.91. The lowest BCUT2D eigenvalue weighted by atomic mass is 9.93. The lowest BCUT2D eigenvalue weighted by molar-refractivity contribution is 0.244. The zero-order chi connectivity index (χ0) is 24.7. The number of carbonyl (C=O) groups excluding carboxylic acids is 1. The van der Waals surface area contributed by atoms with Crippen molar-refractivity contribution in [2.75, 3.05) is 4.90 Å². The molecule has 0 aliphatic carbocycles. The number of carbonyl (C=O) groups is 1. The molecule has 35 heavy (non-hydrogen) atoms. The molecule has 3 aromatic carbocycles. The maximum Gasteiger partial charge on any atom is 0.326 e. The van der Waals surface area contributed by atoms with E-state index in [2.05, 4.69) is 16.5 Å². The number of benzene rings is 3. The minimum Gasteiger partial charge on any atom is -0.334 e. The maximum atomic E-state index is 13.4. The summed E-state index contributed by atoms with van der Waals surface area (Å²) in [6.45, 7) is 7.98. The van der Waals surface area contributed by atoms with Crippen LogP contribution in [0.3, 0.4) is 0 Å². The summed E-state index contributed by atoms with van der Waals surface area (Å²) in [5.41, 5.74) is 7.22.